The molecule has 0 aliphatic rings. The Morgan fingerprint density at radius 3 is 2.09 bits per heavy atom. The third-order valence-electron chi connectivity index (χ3n) is 5.33. The molecule has 1 atom stereocenters. The highest BCUT2D eigenvalue weighted by atomic mass is 32.2. The number of carbonyl (C=O) groups excluding carboxylic acids is 1. The second-order valence-electron chi connectivity index (χ2n) is 7.81. The minimum atomic E-state index is -3.99. The van der Waals surface area contributed by atoms with Crippen molar-refractivity contribution in [3.05, 3.63) is 83.9 Å². The first-order valence-corrected chi connectivity index (χ1v) is 12.4. The van der Waals surface area contributed by atoms with Crippen LogP contribution in [0.2, 0.25) is 0 Å². The Kier molecular flexibility index (Phi) is 8.17. The number of aryl methyl sites for hydroxylation is 1. The lowest BCUT2D eigenvalue weighted by molar-refractivity contribution is -0.120. The van der Waals surface area contributed by atoms with Crippen LogP contribution in [0.3, 0.4) is 0 Å². The third kappa shape index (κ3) is 6.08. The number of sulfonamides is 1. The van der Waals surface area contributed by atoms with E-state index in [4.69, 9.17) is 9.47 Å². The van der Waals surface area contributed by atoms with E-state index < -0.39 is 15.9 Å². The van der Waals surface area contributed by atoms with Crippen molar-refractivity contribution in [1.29, 1.82) is 0 Å². The standard InChI is InChI=1S/C26H30N2O5S/c1-5-33-24-14-10-22(11-15-24)28(34(30,31)25-16-6-19(2)7-17-25)18-26(29)27-20(3)21-8-12-23(32-4)13-9-21/h6-17,20H,5,18H2,1-4H3,(H,27,29)/t20-/m0/s1. The van der Waals surface area contributed by atoms with Gasteiger partial charge in [0.05, 0.1) is 30.3 Å². The van der Waals surface area contributed by atoms with E-state index >= 15 is 0 Å². The summed E-state index contributed by atoms with van der Waals surface area (Å²) in [7, 11) is -2.40. The van der Waals surface area contributed by atoms with Crippen molar-refractivity contribution >= 4 is 21.6 Å². The molecule has 0 saturated carbocycles. The van der Waals surface area contributed by atoms with Crippen LogP contribution in [0.15, 0.2) is 77.7 Å². The number of benzene rings is 3. The summed E-state index contributed by atoms with van der Waals surface area (Å²) < 4.78 is 38.8. The number of rotatable bonds is 10. The van der Waals surface area contributed by atoms with Gasteiger partial charge in [-0.3, -0.25) is 9.10 Å². The minimum absolute atomic E-state index is 0.114. The number of amides is 1. The predicted octanol–water partition coefficient (Wildman–Crippen LogP) is 4.48. The SMILES string of the molecule is CCOc1ccc(N(CC(=O)N[C@@H](C)c2ccc(OC)cc2)S(=O)(=O)c2ccc(C)cc2)cc1. The van der Waals surface area contributed by atoms with E-state index in [1.54, 1.807) is 55.6 Å². The fraction of sp³-hybridized carbons (Fsp3) is 0.269. The lowest BCUT2D eigenvalue weighted by atomic mass is 10.1. The van der Waals surface area contributed by atoms with Crippen LogP contribution < -0.4 is 19.1 Å². The average Bonchev–Trinajstić information content (AvgIpc) is 2.83. The molecule has 34 heavy (non-hydrogen) atoms. The first-order chi connectivity index (χ1) is 16.2. The fourth-order valence-corrected chi connectivity index (χ4v) is 4.84. The van der Waals surface area contributed by atoms with Crippen molar-refractivity contribution in [1.82, 2.24) is 5.32 Å². The van der Waals surface area contributed by atoms with Gasteiger partial charge in [-0.1, -0.05) is 29.8 Å². The van der Waals surface area contributed by atoms with Gasteiger partial charge in [0.15, 0.2) is 0 Å². The maximum absolute atomic E-state index is 13.5. The average molecular weight is 483 g/mol. The van der Waals surface area contributed by atoms with Gasteiger partial charge in [0.1, 0.15) is 18.0 Å². The number of ether oxygens (including phenoxy) is 2. The summed E-state index contributed by atoms with van der Waals surface area (Å²) in [5, 5.41) is 2.89. The highest BCUT2D eigenvalue weighted by molar-refractivity contribution is 7.92. The second-order valence-corrected chi connectivity index (χ2v) is 9.68. The van der Waals surface area contributed by atoms with E-state index in [1.165, 1.54) is 0 Å². The Labute approximate surface area is 201 Å². The van der Waals surface area contributed by atoms with Gasteiger partial charge in [0.2, 0.25) is 5.91 Å². The summed E-state index contributed by atoms with van der Waals surface area (Å²) in [6, 6.07) is 20.2. The summed E-state index contributed by atoms with van der Waals surface area (Å²) in [4.78, 5) is 13.1. The van der Waals surface area contributed by atoms with E-state index in [0.717, 1.165) is 15.4 Å². The molecule has 0 fully saturated rings. The largest absolute Gasteiger partial charge is 0.497 e. The van der Waals surface area contributed by atoms with E-state index in [9.17, 15) is 13.2 Å². The maximum Gasteiger partial charge on any atom is 0.264 e. The summed E-state index contributed by atoms with van der Waals surface area (Å²) in [5.74, 6) is 0.914. The quantitative estimate of drug-likeness (QED) is 0.461. The molecule has 7 nitrogen and oxygen atoms in total. The maximum atomic E-state index is 13.5. The molecule has 0 saturated heterocycles. The minimum Gasteiger partial charge on any atom is -0.497 e. The van der Waals surface area contributed by atoms with Crippen LogP contribution in [0.4, 0.5) is 5.69 Å². The van der Waals surface area contributed by atoms with Gasteiger partial charge in [0, 0.05) is 0 Å². The van der Waals surface area contributed by atoms with E-state index in [0.29, 0.717) is 23.8 Å². The smallest absolute Gasteiger partial charge is 0.264 e. The van der Waals surface area contributed by atoms with Crippen LogP contribution in [0.5, 0.6) is 11.5 Å². The van der Waals surface area contributed by atoms with Crippen molar-refractivity contribution in [3.63, 3.8) is 0 Å². The first-order valence-electron chi connectivity index (χ1n) is 11.0. The lowest BCUT2D eigenvalue weighted by Gasteiger charge is -2.25. The highest BCUT2D eigenvalue weighted by Gasteiger charge is 2.27. The van der Waals surface area contributed by atoms with Crippen LogP contribution in [-0.4, -0.2) is 34.6 Å². The number of hydrogen-bond donors (Lipinski definition) is 1. The van der Waals surface area contributed by atoms with Crippen LogP contribution in [0, 0.1) is 6.92 Å². The number of nitrogens with zero attached hydrogens (tertiary/aromatic N) is 1. The summed E-state index contributed by atoms with van der Waals surface area (Å²) in [5.41, 5.74) is 2.19. The van der Waals surface area contributed by atoms with Gasteiger partial charge in [0.25, 0.3) is 10.0 Å². The van der Waals surface area contributed by atoms with Crippen molar-refractivity contribution in [3.8, 4) is 11.5 Å². The van der Waals surface area contributed by atoms with Crippen molar-refractivity contribution in [2.45, 2.75) is 31.7 Å². The van der Waals surface area contributed by atoms with Crippen molar-refractivity contribution in [2.24, 2.45) is 0 Å². The molecule has 0 aliphatic heterocycles. The molecule has 0 bridgehead atoms. The number of methoxy groups -OCH3 is 1. The lowest BCUT2D eigenvalue weighted by Crippen LogP contribution is -2.41. The highest BCUT2D eigenvalue weighted by Crippen LogP contribution is 2.26. The molecular formula is C26H30N2O5S. The molecule has 180 valence electrons. The molecule has 3 aromatic rings. The molecule has 3 aromatic carbocycles. The molecule has 3 rings (SSSR count). The Morgan fingerprint density at radius 1 is 0.941 bits per heavy atom. The molecule has 1 N–H and O–H groups in total. The molecule has 0 aromatic heterocycles. The van der Waals surface area contributed by atoms with E-state index in [2.05, 4.69) is 5.32 Å². The monoisotopic (exact) mass is 482 g/mol. The molecule has 0 heterocycles. The zero-order chi connectivity index (χ0) is 24.7. The molecule has 1 amide bonds. The number of carbonyl (C=O) groups is 1. The summed E-state index contributed by atoms with van der Waals surface area (Å²) in [6.07, 6.45) is 0. The van der Waals surface area contributed by atoms with Gasteiger partial charge >= 0.3 is 0 Å². The fourth-order valence-electron chi connectivity index (χ4n) is 3.42. The Hall–Kier alpha value is -3.52. The van der Waals surface area contributed by atoms with Crippen LogP contribution in [0.25, 0.3) is 0 Å². The Morgan fingerprint density at radius 2 is 1.53 bits per heavy atom. The van der Waals surface area contributed by atoms with Gasteiger partial charge < -0.3 is 14.8 Å². The third-order valence-corrected chi connectivity index (χ3v) is 7.11. The van der Waals surface area contributed by atoms with Crippen molar-refractivity contribution in [2.75, 3.05) is 24.6 Å². The molecule has 8 heteroatoms. The second kappa shape index (κ2) is 11.1. The number of hydrogen-bond acceptors (Lipinski definition) is 5. The summed E-state index contributed by atoms with van der Waals surface area (Å²) in [6.45, 7) is 5.72. The number of anilines is 1. The molecular weight excluding hydrogens is 452 g/mol. The Balaban J connectivity index is 1.86. The van der Waals surface area contributed by atoms with Gasteiger partial charge in [-0.2, -0.15) is 0 Å². The molecule has 0 unspecified atom stereocenters. The Bertz CT molecular complexity index is 1190. The number of nitrogens with one attached hydrogen (secondary N) is 1. The van der Waals surface area contributed by atoms with Crippen molar-refractivity contribution < 1.29 is 22.7 Å². The molecule has 0 aliphatic carbocycles. The van der Waals surface area contributed by atoms with E-state index in [-0.39, 0.29) is 17.5 Å². The van der Waals surface area contributed by atoms with Crippen LogP contribution in [-0.2, 0) is 14.8 Å². The predicted molar refractivity (Wildman–Crippen MR) is 133 cm³/mol. The topological polar surface area (TPSA) is 84.9 Å². The first kappa shape index (κ1) is 25.1. The molecule has 0 spiro atoms. The van der Waals surface area contributed by atoms with E-state index in [1.807, 2.05) is 45.0 Å². The van der Waals surface area contributed by atoms with Gasteiger partial charge in [-0.15, -0.1) is 0 Å². The van der Waals surface area contributed by atoms with Gasteiger partial charge in [-0.05, 0) is 74.9 Å². The van der Waals surface area contributed by atoms with Gasteiger partial charge in [-0.25, -0.2) is 8.42 Å². The molecule has 0 radical (unpaired) electrons. The van der Waals surface area contributed by atoms with Crippen LogP contribution in [0.1, 0.15) is 31.0 Å². The normalized spacial score (nSPS) is 12.0. The summed E-state index contributed by atoms with van der Waals surface area (Å²) >= 11 is 0. The zero-order valence-electron chi connectivity index (χ0n) is 19.8. The zero-order valence-corrected chi connectivity index (χ0v) is 20.6. The van der Waals surface area contributed by atoms with Crippen LogP contribution >= 0.6 is 0 Å².